The van der Waals surface area contributed by atoms with Crippen LogP contribution in [0.15, 0.2) is 29.4 Å². The summed E-state index contributed by atoms with van der Waals surface area (Å²) in [5, 5.41) is 17.8. The Hall–Kier alpha value is -1.82. The molecule has 1 aromatic heterocycles. The summed E-state index contributed by atoms with van der Waals surface area (Å²) in [4.78, 5) is 10.7. The number of hydrogen-bond acceptors (Lipinski definition) is 4. The Morgan fingerprint density at radius 1 is 1.30 bits per heavy atom. The third kappa shape index (κ3) is 3.39. The molecule has 1 aromatic carbocycles. The summed E-state index contributed by atoms with van der Waals surface area (Å²) in [5.41, 5.74) is 2.19. The molecule has 5 nitrogen and oxygen atoms in total. The van der Waals surface area contributed by atoms with Crippen molar-refractivity contribution in [2.45, 2.75) is 32.0 Å². The van der Waals surface area contributed by atoms with Crippen molar-refractivity contribution in [2.24, 2.45) is 0 Å². The number of aromatic nitrogens is 3. The normalized spacial score (nSPS) is 10.7. The summed E-state index contributed by atoms with van der Waals surface area (Å²) in [6, 6.07) is 8.09. The zero-order valence-electron chi connectivity index (χ0n) is 11.5. The van der Waals surface area contributed by atoms with Crippen LogP contribution in [0.25, 0.3) is 11.4 Å². The number of hydrogen-bond donors (Lipinski definition) is 1. The summed E-state index contributed by atoms with van der Waals surface area (Å²) in [5.74, 6) is -0.0619. The molecule has 1 heterocycles. The van der Waals surface area contributed by atoms with Gasteiger partial charge in [-0.05, 0) is 13.3 Å². The van der Waals surface area contributed by atoms with E-state index in [4.69, 9.17) is 5.11 Å². The monoisotopic (exact) mass is 291 g/mol. The molecule has 106 valence electrons. The quantitative estimate of drug-likeness (QED) is 0.829. The maximum Gasteiger partial charge on any atom is 0.313 e. The van der Waals surface area contributed by atoms with E-state index in [0.29, 0.717) is 5.16 Å². The van der Waals surface area contributed by atoms with Gasteiger partial charge in [0.1, 0.15) is 0 Å². The lowest BCUT2D eigenvalue weighted by Crippen LogP contribution is -2.04. The zero-order valence-corrected chi connectivity index (χ0v) is 12.4. The number of rotatable bonds is 6. The van der Waals surface area contributed by atoms with E-state index in [1.807, 2.05) is 35.8 Å². The average molecular weight is 291 g/mol. The molecule has 0 aliphatic heterocycles. The number of carboxylic acids is 1. The summed E-state index contributed by atoms with van der Waals surface area (Å²) >= 11 is 1.20. The number of nitrogens with zero attached hydrogens (tertiary/aromatic N) is 3. The van der Waals surface area contributed by atoms with Gasteiger partial charge in [-0.2, -0.15) is 0 Å². The fourth-order valence-corrected chi connectivity index (χ4v) is 2.55. The zero-order chi connectivity index (χ0) is 14.5. The number of thioether (sulfide) groups is 1. The fraction of sp³-hybridized carbons (Fsp3) is 0.357. The largest absolute Gasteiger partial charge is 0.481 e. The van der Waals surface area contributed by atoms with Gasteiger partial charge in [0.2, 0.25) is 0 Å². The molecule has 20 heavy (non-hydrogen) atoms. The third-order valence-electron chi connectivity index (χ3n) is 2.80. The molecular weight excluding hydrogens is 274 g/mol. The van der Waals surface area contributed by atoms with Crippen LogP contribution in [0.4, 0.5) is 0 Å². The van der Waals surface area contributed by atoms with Gasteiger partial charge in [-0.25, -0.2) is 0 Å². The fourth-order valence-electron chi connectivity index (χ4n) is 1.86. The van der Waals surface area contributed by atoms with Crippen LogP contribution in [0.3, 0.4) is 0 Å². The summed E-state index contributed by atoms with van der Waals surface area (Å²) in [7, 11) is 0. The lowest BCUT2D eigenvalue weighted by atomic mass is 10.1. The van der Waals surface area contributed by atoms with Gasteiger partial charge in [0, 0.05) is 12.1 Å². The van der Waals surface area contributed by atoms with Crippen LogP contribution >= 0.6 is 11.8 Å². The van der Waals surface area contributed by atoms with Crippen molar-refractivity contribution in [2.75, 3.05) is 5.75 Å². The van der Waals surface area contributed by atoms with Crippen LogP contribution in [0.2, 0.25) is 0 Å². The van der Waals surface area contributed by atoms with Crippen LogP contribution in [-0.2, 0) is 11.3 Å². The van der Waals surface area contributed by atoms with E-state index in [2.05, 4.69) is 17.1 Å². The van der Waals surface area contributed by atoms with Gasteiger partial charge < -0.3 is 9.67 Å². The molecule has 0 atom stereocenters. The van der Waals surface area contributed by atoms with E-state index < -0.39 is 5.97 Å². The van der Waals surface area contributed by atoms with Gasteiger partial charge in [0.25, 0.3) is 0 Å². The molecule has 0 fully saturated rings. The number of aryl methyl sites for hydroxylation is 1. The Bertz CT molecular complexity index is 593. The molecule has 0 saturated heterocycles. The van der Waals surface area contributed by atoms with E-state index in [1.165, 1.54) is 17.3 Å². The first-order valence-corrected chi connectivity index (χ1v) is 7.45. The number of carbonyl (C=O) groups is 1. The number of aliphatic carboxylic acids is 1. The molecule has 2 rings (SSSR count). The standard InChI is InChI=1S/C14H17N3O2S/c1-3-8-17-13(11-6-4-10(2)5-7-11)15-16-14(17)20-9-12(18)19/h4-7H,3,8-9H2,1-2H3,(H,18,19). The molecule has 0 bridgehead atoms. The third-order valence-corrected chi connectivity index (χ3v) is 3.75. The summed E-state index contributed by atoms with van der Waals surface area (Å²) in [6.45, 7) is 4.89. The number of carboxylic acid groups (broad SMARTS) is 1. The number of benzene rings is 1. The molecule has 0 aliphatic rings. The molecule has 6 heteroatoms. The van der Waals surface area contributed by atoms with E-state index in [0.717, 1.165) is 24.4 Å². The molecule has 0 unspecified atom stereocenters. The summed E-state index contributed by atoms with van der Waals surface area (Å²) < 4.78 is 1.98. The van der Waals surface area contributed by atoms with Crippen molar-refractivity contribution in [1.29, 1.82) is 0 Å². The SMILES string of the molecule is CCCn1c(SCC(=O)O)nnc1-c1ccc(C)cc1. The predicted octanol–water partition coefficient (Wildman–Crippen LogP) is 2.84. The Labute approximate surface area is 122 Å². The lowest BCUT2D eigenvalue weighted by molar-refractivity contribution is -0.133. The molecule has 0 spiro atoms. The lowest BCUT2D eigenvalue weighted by Gasteiger charge is -2.08. The van der Waals surface area contributed by atoms with Crippen molar-refractivity contribution in [3.05, 3.63) is 29.8 Å². The molecule has 0 aliphatic carbocycles. The van der Waals surface area contributed by atoms with E-state index in [1.54, 1.807) is 0 Å². The van der Waals surface area contributed by atoms with Crippen LogP contribution in [0, 0.1) is 6.92 Å². The van der Waals surface area contributed by atoms with Gasteiger partial charge >= 0.3 is 5.97 Å². The van der Waals surface area contributed by atoms with Crippen LogP contribution in [0.5, 0.6) is 0 Å². The second kappa shape index (κ2) is 6.56. The van der Waals surface area contributed by atoms with Crippen molar-refractivity contribution in [3.63, 3.8) is 0 Å². The van der Waals surface area contributed by atoms with Crippen LogP contribution < -0.4 is 0 Å². The molecular formula is C14H17N3O2S. The Kier molecular flexibility index (Phi) is 4.79. The second-order valence-electron chi connectivity index (χ2n) is 4.51. The van der Waals surface area contributed by atoms with E-state index in [-0.39, 0.29) is 5.75 Å². The molecule has 0 saturated carbocycles. The Balaban J connectivity index is 2.32. The van der Waals surface area contributed by atoms with Gasteiger partial charge in [-0.3, -0.25) is 4.79 Å². The molecule has 2 aromatic rings. The van der Waals surface area contributed by atoms with Crippen molar-refractivity contribution < 1.29 is 9.90 Å². The van der Waals surface area contributed by atoms with Crippen LogP contribution in [-0.4, -0.2) is 31.6 Å². The highest BCUT2D eigenvalue weighted by atomic mass is 32.2. The molecule has 1 N–H and O–H groups in total. The second-order valence-corrected chi connectivity index (χ2v) is 5.45. The van der Waals surface area contributed by atoms with Crippen molar-refractivity contribution in [1.82, 2.24) is 14.8 Å². The Morgan fingerprint density at radius 2 is 2.00 bits per heavy atom. The van der Waals surface area contributed by atoms with E-state index >= 15 is 0 Å². The van der Waals surface area contributed by atoms with Crippen LogP contribution in [0.1, 0.15) is 18.9 Å². The topological polar surface area (TPSA) is 68.0 Å². The Morgan fingerprint density at radius 3 is 2.60 bits per heavy atom. The van der Waals surface area contributed by atoms with Gasteiger partial charge in [0.05, 0.1) is 5.75 Å². The highest BCUT2D eigenvalue weighted by Crippen LogP contribution is 2.24. The minimum absolute atomic E-state index is 0.00422. The first-order chi connectivity index (χ1) is 9.61. The maximum atomic E-state index is 10.7. The smallest absolute Gasteiger partial charge is 0.313 e. The predicted molar refractivity (Wildman–Crippen MR) is 78.8 cm³/mol. The average Bonchev–Trinajstić information content (AvgIpc) is 2.81. The van der Waals surface area contributed by atoms with E-state index in [9.17, 15) is 4.79 Å². The minimum atomic E-state index is -0.849. The van der Waals surface area contributed by atoms with Gasteiger partial charge in [-0.1, -0.05) is 48.5 Å². The first-order valence-electron chi connectivity index (χ1n) is 6.46. The molecule has 0 radical (unpaired) electrons. The highest BCUT2D eigenvalue weighted by molar-refractivity contribution is 7.99. The molecule has 0 amide bonds. The van der Waals surface area contributed by atoms with Gasteiger partial charge in [0.15, 0.2) is 11.0 Å². The van der Waals surface area contributed by atoms with Crippen molar-refractivity contribution >= 4 is 17.7 Å². The highest BCUT2D eigenvalue weighted by Gasteiger charge is 2.14. The first kappa shape index (κ1) is 14.6. The summed E-state index contributed by atoms with van der Waals surface area (Å²) in [6.07, 6.45) is 0.942. The van der Waals surface area contributed by atoms with Gasteiger partial charge in [-0.15, -0.1) is 10.2 Å². The minimum Gasteiger partial charge on any atom is -0.481 e. The van der Waals surface area contributed by atoms with Crippen molar-refractivity contribution in [3.8, 4) is 11.4 Å². The maximum absolute atomic E-state index is 10.7.